The minimum atomic E-state index is -0.292. The summed E-state index contributed by atoms with van der Waals surface area (Å²) in [7, 11) is 0. The molecule has 8 nitrogen and oxygen atoms in total. The Kier molecular flexibility index (Phi) is 4.66. The zero-order chi connectivity index (χ0) is 17.3. The first-order chi connectivity index (χ1) is 11.5. The molecule has 0 radical (unpaired) electrons. The molecule has 1 amide bonds. The number of aromatic nitrogens is 5. The number of rotatable bonds is 5. The van der Waals surface area contributed by atoms with Crippen molar-refractivity contribution < 1.29 is 9.53 Å². The number of nitrogens with zero attached hydrogens (tertiary/aromatic N) is 4. The number of hydrogen-bond acceptors (Lipinski definition) is 5. The second kappa shape index (κ2) is 6.72. The van der Waals surface area contributed by atoms with Gasteiger partial charge in [0.15, 0.2) is 5.82 Å². The van der Waals surface area contributed by atoms with Gasteiger partial charge in [-0.05, 0) is 34.1 Å². The smallest absolute Gasteiger partial charge is 0.224 e. The van der Waals surface area contributed by atoms with Crippen molar-refractivity contribution in [1.29, 1.82) is 0 Å². The Bertz CT molecular complexity index is 735. The van der Waals surface area contributed by atoms with E-state index in [1.54, 1.807) is 0 Å². The molecule has 0 spiro atoms. The lowest BCUT2D eigenvalue weighted by atomic mass is 10.1. The van der Waals surface area contributed by atoms with Crippen LogP contribution in [0.1, 0.15) is 48.0 Å². The molecule has 2 aromatic rings. The van der Waals surface area contributed by atoms with Crippen molar-refractivity contribution in [3.8, 4) is 0 Å². The van der Waals surface area contributed by atoms with Gasteiger partial charge in [-0.1, -0.05) is 0 Å². The van der Waals surface area contributed by atoms with Crippen molar-refractivity contribution in [2.24, 2.45) is 0 Å². The van der Waals surface area contributed by atoms with E-state index in [2.05, 4.69) is 25.6 Å². The Morgan fingerprint density at radius 2 is 2.21 bits per heavy atom. The SMILES string of the molecule is CCn1nc(C)c(CC(=O)N[C@H]2CCO[C@H]2c2n[nH]c(C)n2)c1C. The van der Waals surface area contributed by atoms with E-state index < -0.39 is 0 Å². The van der Waals surface area contributed by atoms with E-state index in [4.69, 9.17) is 4.74 Å². The standard InChI is InChI=1S/C16H24N6O2/c1-5-22-10(3)12(9(2)21-22)8-14(23)18-13-6-7-24-15(13)16-17-11(4)19-20-16/h13,15H,5-8H2,1-4H3,(H,18,23)(H,17,19,20)/t13-,15+/m0/s1. The molecule has 3 heterocycles. The van der Waals surface area contributed by atoms with Gasteiger partial charge in [0.25, 0.3) is 0 Å². The number of nitrogens with one attached hydrogen (secondary N) is 2. The third kappa shape index (κ3) is 3.19. The van der Waals surface area contributed by atoms with Gasteiger partial charge in [0, 0.05) is 24.4 Å². The zero-order valence-electron chi connectivity index (χ0n) is 14.6. The maximum absolute atomic E-state index is 12.5. The minimum Gasteiger partial charge on any atom is -0.368 e. The normalized spacial score (nSPS) is 20.5. The molecule has 0 bridgehead atoms. The quantitative estimate of drug-likeness (QED) is 0.855. The van der Waals surface area contributed by atoms with Crippen molar-refractivity contribution in [3.05, 3.63) is 28.6 Å². The molecule has 0 saturated carbocycles. The van der Waals surface area contributed by atoms with Crippen LogP contribution in [0.5, 0.6) is 0 Å². The molecule has 2 atom stereocenters. The van der Waals surface area contributed by atoms with Gasteiger partial charge in [-0.2, -0.15) is 10.2 Å². The molecular weight excluding hydrogens is 308 g/mol. The predicted octanol–water partition coefficient (Wildman–Crippen LogP) is 1.14. The summed E-state index contributed by atoms with van der Waals surface area (Å²) in [6, 6.07) is -0.102. The summed E-state index contributed by atoms with van der Waals surface area (Å²) in [6.07, 6.45) is 0.795. The molecule has 1 saturated heterocycles. The van der Waals surface area contributed by atoms with E-state index in [1.807, 2.05) is 32.4 Å². The van der Waals surface area contributed by atoms with Gasteiger partial charge >= 0.3 is 0 Å². The highest BCUT2D eigenvalue weighted by Crippen LogP contribution is 2.27. The molecule has 0 aliphatic carbocycles. The Morgan fingerprint density at radius 3 is 2.83 bits per heavy atom. The van der Waals surface area contributed by atoms with Crippen LogP contribution in [-0.4, -0.2) is 43.5 Å². The van der Waals surface area contributed by atoms with Crippen LogP contribution in [0.3, 0.4) is 0 Å². The molecule has 1 fully saturated rings. The number of aryl methyl sites for hydroxylation is 3. The van der Waals surface area contributed by atoms with Crippen LogP contribution in [0.2, 0.25) is 0 Å². The monoisotopic (exact) mass is 332 g/mol. The molecule has 0 aromatic carbocycles. The predicted molar refractivity (Wildman–Crippen MR) is 87.4 cm³/mol. The Morgan fingerprint density at radius 1 is 1.42 bits per heavy atom. The first kappa shape index (κ1) is 16.6. The molecule has 2 N–H and O–H groups in total. The van der Waals surface area contributed by atoms with E-state index in [9.17, 15) is 4.79 Å². The minimum absolute atomic E-state index is 0.0235. The largest absolute Gasteiger partial charge is 0.368 e. The number of hydrogen-bond donors (Lipinski definition) is 2. The average Bonchev–Trinajstić information content (AvgIpc) is 3.23. The fourth-order valence-corrected chi connectivity index (χ4v) is 3.20. The molecule has 3 rings (SSSR count). The van der Waals surface area contributed by atoms with Crippen molar-refractivity contribution in [1.82, 2.24) is 30.3 Å². The van der Waals surface area contributed by atoms with Crippen LogP contribution in [-0.2, 0) is 22.5 Å². The Hall–Kier alpha value is -2.22. The number of aromatic amines is 1. The first-order valence-corrected chi connectivity index (χ1v) is 8.32. The summed E-state index contributed by atoms with van der Waals surface area (Å²) < 4.78 is 7.64. The molecule has 8 heteroatoms. The number of carbonyl (C=O) groups excluding carboxylic acids is 1. The van der Waals surface area contributed by atoms with Crippen molar-refractivity contribution >= 4 is 5.91 Å². The molecule has 2 aromatic heterocycles. The lowest BCUT2D eigenvalue weighted by Crippen LogP contribution is -2.38. The van der Waals surface area contributed by atoms with Gasteiger partial charge in [0.2, 0.25) is 5.91 Å². The molecule has 1 aliphatic rings. The van der Waals surface area contributed by atoms with Gasteiger partial charge < -0.3 is 10.1 Å². The third-order valence-corrected chi connectivity index (χ3v) is 4.48. The second-order valence-corrected chi connectivity index (χ2v) is 6.18. The van der Waals surface area contributed by atoms with Gasteiger partial charge in [-0.25, -0.2) is 4.98 Å². The Balaban J connectivity index is 1.67. The second-order valence-electron chi connectivity index (χ2n) is 6.18. The van der Waals surface area contributed by atoms with E-state index in [1.165, 1.54) is 0 Å². The molecular formula is C16H24N6O2. The van der Waals surface area contributed by atoms with Gasteiger partial charge in [0.1, 0.15) is 11.9 Å². The summed E-state index contributed by atoms with van der Waals surface area (Å²) in [6.45, 7) is 9.23. The fraction of sp³-hybridized carbons (Fsp3) is 0.625. The lowest BCUT2D eigenvalue weighted by Gasteiger charge is -2.17. The zero-order valence-corrected chi connectivity index (χ0v) is 14.6. The number of carbonyl (C=O) groups is 1. The van der Waals surface area contributed by atoms with Gasteiger partial charge in [0.05, 0.1) is 18.2 Å². The maximum atomic E-state index is 12.5. The van der Waals surface area contributed by atoms with Crippen molar-refractivity contribution in [3.63, 3.8) is 0 Å². The van der Waals surface area contributed by atoms with E-state index in [-0.39, 0.29) is 18.1 Å². The molecule has 24 heavy (non-hydrogen) atoms. The number of H-pyrrole nitrogens is 1. The summed E-state index contributed by atoms with van der Waals surface area (Å²) in [4.78, 5) is 16.8. The summed E-state index contributed by atoms with van der Waals surface area (Å²) in [5, 5.41) is 14.5. The van der Waals surface area contributed by atoms with Crippen LogP contribution in [0.15, 0.2) is 0 Å². The molecule has 130 valence electrons. The number of amides is 1. The summed E-state index contributed by atoms with van der Waals surface area (Å²) in [5.41, 5.74) is 2.96. The van der Waals surface area contributed by atoms with Crippen LogP contribution >= 0.6 is 0 Å². The van der Waals surface area contributed by atoms with Crippen molar-refractivity contribution in [2.75, 3.05) is 6.61 Å². The van der Waals surface area contributed by atoms with Crippen LogP contribution < -0.4 is 5.32 Å². The summed E-state index contributed by atoms with van der Waals surface area (Å²) >= 11 is 0. The van der Waals surface area contributed by atoms with Crippen LogP contribution in [0.25, 0.3) is 0 Å². The maximum Gasteiger partial charge on any atom is 0.224 e. The highest BCUT2D eigenvalue weighted by Gasteiger charge is 2.34. The third-order valence-electron chi connectivity index (χ3n) is 4.48. The highest BCUT2D eigenvalue weighted by molar-refractivity contribution is 5.79. The van der Waals surface area contributed by atoms with Crippen LogP contribution in [0, 0.1) is 20.8 Å². The first-order valence-electron chi connectivity index (χ1n) is 8.32. The van der Waals surface area contributed by atoms with Gasteiger partial charge in [-0.15, -0.1) is 0 Å². The van der Waals surface area contributed by atoms with E-state index in [0.29, 0.717) is 18.9 Å². The van der Waals surface area contributed by atoms with Crippen LogP contribution in [0.4, 0.5) is 0 Å². The molecule has 0 unspecified atom stereocenters. The lowest BCUT2D eigenvalue weighted by molar-refractivity contribution is -0.121. The topological polar surface area (TPSA) is 97.7 Å². The highest BCUT2D eigenvalue weighted by atomic mass is 16.5. The Labute approximate surface area is 141 Å². The molecule has 1 aliphatic heterocycles. The fourth-order valence-electron chi connectivity index (χ4n) is 3.20. The van der Waals surface area contributed by atoms with E-state index >= 15 is 0 Å². The number of ether oxygens (including phenoxy) is 1. The average molecular weight is 332 g/mol. The summed E-state index contributed by atoms with van der Waals surface area (Å²) in [5.74, 6) is 1.31. The van der Waals surface area contributed by atoms with E-state index in [0.717, 1.165) is 35.7 Å². The van der Waals surface area contributed by atoms with Crippen molar-refractivity contribution in [2.45, 2.75) is 59.2 Å². The van der Waals surface area contributed by atoms with Gasteiger partial charge in [-0.3, -0.25) is 14.6 Å².